The fourth-order valence-corrected chi connectivity index (χ4v) is 1.54. The quantitative estimate of drug-likeness (QED) is 0.578. The first-order chi connectivity index (χ1) is 8.31. The van der Waals surface area contributed by atoms with Crippen LogP contribution in [0.4, 0.5) is 0 Å². The lowest BCUT2D eigenvalue weighted by Gasteiger charge is -2.10. The molecule has 0 bridgehead atoms. The van der Waals surface area contributed by atoms with Crippen molar-refractivity contribution in [3.05, 3.63) is 23.8 Å². The summed E-state index contributed by atoms with van der Waals surface area (Å²) < 4.78 is 10.4. The average Bonchev–Trinajstić information content (AvgIpc) is 2.38. The number of benzene rings is 1. The van der Waals surface area contributed by atoms with Gasteiger partial charge in [0, 0.05) is 13.0 Å². The van der Waals surface area contributed by atoms with E-state index in [0.29, 0.717) is 0 Å². The van der Waals surface area contributed by atoms with Crippen LogP contribution in [0.25, 0.3) is 0 Å². The molecule has 0 aliphatic carbocycles. The monoisotopic (exact) mass is 233 g/mol. The molecule has 92 valence electrons. The first kappa shape index (κ1) is 13.4. The van der Waals surface area contributed by atoms with Crippen LogP contribution in [0.1, 0.15) is 18.4 Å². The third-order valence-corrected chi connectivity index (χ3v) is 2.45. The molecule has 0 aliphatic heterocycles. The van der Waals surface area contributed by atoms with E-state index in [9.17, 15) is 0 Å². The predicted octanol–water partition coefficient (Wildman–Crippen LogP) is 2.21. The van der Waals surface area contributed by atoms with Crippen LogP contribution in [0.2, 0.25) is 0 Å². The Morgan fingerprint density at radius 1 is 1.24 bits per heavy atom. The minimum atomic E-state index is 0.753. The van der Waals surface area contributed by atoms with E-state index in [1.54, 1.807) is 14.2 Å². The fourth-order valence-electron chi connectivity index (χ4n) is 1.54. The number of terminal acetylenes is 1. The molecule has 0 fully saturated rings. The van der Waals surface area contributed by atoms with Gasteiger partial charge in [0.15, 0.2) is 11.5 Å². The molecular formula is C14H19NO2. The number of unbranched alkanes of at least 4 members (excludes halogenated alkanes) is 1. The summed E-state index contributed by atoms with van der Waals surface area (Å²) in [6.45, 7) is 1.74. The SMILES string of the molecule is C#CCCCNCc1ccc(OC)c(OC)c1. The van der Waals surface area contributed by atoms with Crippen molar-refractivity contribution >= 4 is 0 Å². The van der Waals surface area contributed by atoms with Crippen LogP contribution in [-0.4, -0.2) is 20.8 Å². The lowest BCUT2D eigenvalue weighted by molar-refractivity contribution is 0.354. The summed E-state index contributed by atoms with van der Waals surface area (Å²) >= 11 is 0. The molecule has 0 radical (unpaired) electrons. The van der Waals surface area contributed by atoms with Gasteiger partial charge in [0.2, 0.25) is 0 Å². The normalized spacial score (nSPS) is 9.71. The molecule has 0 aliphatic rings. The molecule has 0 spiro atoms. The zero-order valence-corrected chi connectivity index (χ0v) is 10.5. The minimum Gasteiger partial charge on any atom is -0.493 e. The molecule has 0 atom stereocenters. The minimum absolute atomic E-state index is 0.753. The molecule has 0 amide bonds. The Balaban J connectivity index is 2.46. The van der Waals surface area contributed by atoms with Crippen LogP contribution in [0.3, 0.4) is 0 Å². The molecule has 1 rings (SSSR count). The maximum Gasteiger partial charge on any atom is 0.161 e. The van der Waals surface area contributed by atoms with Crippen molar-refractivity contribution in [1.82, 2.24) is 5.32 Å². The summed E-state index contributed by atoms with van der Waals surface area (Å²) in [5.74, 6) is 4.14. The van der Waals surface area contributed by atoms with E-state index in [1.807, 2.05) is 18.2 Å². The Hall–Kier alpha value is -1.66. The van der Waals surface area contributed by atoms with E-state index < -0.39 is 0 Å². The van der Waals surface area contributed by atoms with Crippen molar-refractivity contribution < 1.29 is 9.47 Å². The Labute approximate surface area is 103 Å². The lowest BCUT2D eigenvalue weighted by Crippen LogP contribution is -2.14. The lowest BCUT2D eigenvalue weighted by atomic mass is 10.2. The van der Waals surface area contributed by atoms with Gasteiger partial charge in [-0.1, -0.05) is 6.07 Å². The van der Waals surface area contributed by atoms with Crippen molar-refractivity contribution in [1.29, 1.82) is 0 Å². The van der Waals surface area contributed by atoms with Gasteiger partial charge in [0.25, 0.3) is 0 Å². The first-order valence-corrected chi connectivity index (χ1v) is 5.67. The van der Waals surface area contributed by atoms with Gasteiger partial charge in [-0.15, -0.1) is 12.3 Å². The Bertz CT molecular complexity index is 382. The molecule has 1 N–H and O–H groups in total. The number of ether oxygens (including phenoxy) is 2. The molecule has 0 saturated carbocycles. The number of hydrogen-bond acceptors (Lipinski definition) is 3. The van der Waals surface area contributed by atoms with E-state index in [2.05, 4.69) is 11.2 Å². The van der Waals surface area contributed by atoms with Crippen LogP contribution in [0.5, 0.6) is 11.5 Å². The first-order valence-electron chi connectivity index (χ1n) is 5.67. The number of methoxy groups -OCH3 is 2. The van der Waals surface area contributed by atoms with Gasteiger partial charge < -0.3 is 14.8 Å². The number of rotatable bonds is 7. The van der Waals surface area contributed by atoms with E-state index in [1.165, 1.54) is 5.56 Å². The number of hydrogen-bond donors (Lipinski definition) is 1. The third-order valence-electron chi connectivity index (χ3n) is 2.45. The van der Waals surface area contributed by atoms with E-state index in [4.69, 9.17) is 15.9 Å². The average molecular weight is 233 g/mol. The van der Waals surface area contributed by atoms with E-state index >= 15 is 0 Å². The van der Waals surface area contributed by atoms with Crippen molar-refractivity contribution in [2.24, 2.45) is 0 Å². The summed E-state index contributed by atoms with van der Waals surface area (Å²) in [6.07, 6.45) is 7.01. The highest BCUT2D eigenvalue weighted by atomic mass is 16.5. The van der Waals surface area contributed by atoms with Gasteiger partial charge in [-0.05, 0) is 30.7 Å². The standard InChI is InChI=1S/C14H19NO2/c1-4-5-6-9-15-11-12-7-8-13(16-2)14(10-12)17-3/h1,7-8,10,15H,5-6,9,11H2,2-3H3. The number of nitrogens with one attached hydrogen (secondary N) is 1. The maximum atomic E-state index is 5.24. The summed E-state index contributed by atoms with van der Waals surface area (Å²) in [5, 5.41) is 3.33. The van der Waals surface area contributed by atoms with Crippen molar-refractivity contribution in [3.8, 4) is 23.8 Å². The molecule has 17 heavy (non-hydrogen) atoms. The topological polar surface area (TPSA) is 30.5 Å². The van der Waals surface area contributed by atoms with Gasteiger partial charge in [-0.3, -0.25) is 0 Å². The van der Waals surface area contributed by atoms with E-state index in [0.717, 1.165) is 37.4 Å². The zero-order chi connectivity index (χ0) is 12.5. The zero-order valence-electron chi connectivity index (χ0n) is 10.5. The highest BCUT2D eigenvalue weighted by molar-refractivity contribution is 5.42. The molecule has 0 aromatic heterocycles. The Morgan fingerprint density at radius 2 is 2.00 bits per heavy atom. The van der Waals surface area contributed by atoms with Gasteiger partial charge in [0.1, 0.15) is 0 Å². The summed E-state index contributed by atoms with van der Waals surface area (Å²) in [7, 11) is 3.28. The Morgan fingerprint density at radius 3 is 2.65 bits per heavy atom. The van der Waals surface area contributed by atoms with Crippen molar-refractivity contribution in [3.63, 3.8) is 0 Å². The van der Waals surface area contributed by atoms with Crippen molar-refractivity contribution in [2.45, 2.75) is 19.4 Å². The predicted molar refractivity (Wildman–Crippen MR) is 69.3 cm³/mol. The molecule has 0 unspecified atom stereocenters. The van der Waals surface area contributed by atoms with Gasteiger partial charge in [-0.25, -0.2) is 0 Å². The second kappa shape index (κ2) is 7.59. The molecule has 3 nitrogen and oxygen atoms in total. The second-order valence-electron chi connectivity index (χ2n) is 3.67. The molecule has 3 heteroatoms. The van der Waals surface area contributed by atoms with Crippen LogP contribution >= 0.6 is 0 Å². The van der Waals surface area contributed by atoms with E-state index in [-0.39, 0.29) is 0 Å². The molecule has 1 aromatic carbocycles. The molecule has 0 saturated heterocycles. The van der Waals surface area contributed by atoms with Crippen LogP contribution in [-0.2, 0) is 6.54 Å². The maximum absolute atomic E-state index is 5.24. The van der Waals surface area contributed by atoms with Crippen LogP contribution in [0, 0.1) is 12.3 Å². The molecule has 1 aromatic rings. The van der Waals surface area contributed by atoms with Gasteiger partial charge >= 0.3 is 0 Å². The molecular weight excluding hydrogens is 214 g/mol. The smallest absolute Gasteiger partial charge is 0.161 e. The Kier molecular flexibility index (Phi) is 5.98. The molecule has 0 heterocycles. The van der Waals surface area contributed by atoms with Crippen molar-refractivity contribution in [2.75, 3.05) is 20.8 Å². The highest BCUT2D eigenvalue weighted by Gasteiger charge is 2.03. The van der Waals surface area contributed by atoms with Gasteiger partial charge in [-0.2, -0.15) is 0 Å². The highest BCUT2D eigenvalue weighted by Crippen LogP contribution is 2.27. The summed E-state index contributed by atoms with van der Waals surface area (Å²) in [4.78, 5) is 0. The largest absolute Gasteiger partial charge is 0.493 e. The summed E-state index contributed by atoms with van der Waals surface area (Å²) in [6, 6.07) is 5.92. The van der Waals surface area contributed by atoms with Crippen LogP contribution < -0.4 is 14.8 Å². The second-order valence-corrected chi connectivity index (χ2v) is 3.67. The fraction of sp³-hybridized carbons (Fsp3) is 0.429. The third kappa shape index (κ3) is 4.38. The summed E-state index contributed by atoms with van der Waals surface area (Å²) in [5.41, 5.74) is 1.17. The van der Waals surface area contributed by atoms with Gasteiger partial charge in [0.05, 0.1) is 14.2 Å². The van der Waals surface area contributed by atoms with Crippen LogP contribution in [0.15, 0.2) is 18.2 Å².